The van der Waals surface area contributed by atoms with Gasteiger partial charge in [-0.2, -0.15) is 0 Å². The summed E-state index contributed by atoms with van der Waals surface area (Å²) >= 11 is 5.61. The average molecular weight is 280 g/mol. The first kappa shape index (κ1) is 14.6. The number of rotatable bonds is 5. The van der Waals surface area contributed by atoms with Gasteiger partial charge in [-0.15, -0.1) is 0 Å². The number of pyridine rings is 1. The first-order valence-corrected chi connectivity index (χ1v) is 5.42. The molecule has 0 fully saturated rings. The highest BCUT2D eigenvalue weighted by Crippen LogP contribution is 2.17. The lowest BCUT2D eigenvalue weighted by Crippen LogP contribution is -2.37. The summed E-state index contributed by atoms with van der Waals surface area (Å²) in [6.45, 7) is -1.40. The fourth-order valence-electron chi connectivity index (χ4n) is 1.36. The zero-order chi connectivity index (χ0) is 13.7. The minimum Gasteiger partial charge on any atom is -0.397 e. The van der Waals surface area contributed by atoms with Crippen LogP contribution >= 0.6 is 11.6 Å². The van der Waals surface area contributed by atoms with Crippen LogP contribution in [-0.2, 0) is 0 Å². The van der Waals surface area contributed by atoms with Crippen LogP contribution in [0.15, 0.2) is 12.3 Å². The van der Waals surface area contributed by atoms with Crippen LogP contribution in [0.4, 0.5) is 14.5 Å². The Labute approximate surface area is 107 Å². The van der Waals surface area contributed by atoms with Gasteiger partial charge in [0.1, 0.15) is 5.15 Å². The predicted octanol–water partition coefficient (Wildman–Crippen LogP) is 1.02. The molecule has 0 aliphatic carbocycles. The van der Waals surface area contributed by atoms with Crippen molar-refractivity contribution in [2.75, 3.05) is 25.4 Å². The van der Waals surface area contributed by atoms with Crippen LogP contribution in [0, 0.1) is 0 Å². The third-order valence-electron chi connectivity index (χ3n) is 2.15. The summed E-state index contributed by atoms with van der Waals surface area (Å²) in [5.41, 5.74) is 5.57. The predicted molar refractivity (Wildman–Crippen MR) is 62.7 cm³/mol. The van der Waals surface area contributed by atoms with E-state index in [1.165, 1.54) is 12.3 Å². The Balaban J connectivity index is 2.97. The summed E-state index contributed by atoms with van der Waals surface area (Å²) in [4.78, 5) is 16.4. The minimum absolute atomic E-state index is 0.0101. The van der Waals surface area contributed by atoms with E-state index < -0.39 is 25.5 Å². The van der Waals surface area contributed by atoms with Crippen LogP contribution in [0.5, 0.6) is 0 Å². The van der Waals surface area contributed by atoms with E-state index in [1.54, 1.807) is 0 Å². The van der Waals surface area contributed by atoms with Crippen LogP contribution in [0.2, 0.25) is 5.15 Å². The van der Waals surface area contributed by atoms with Crippen molar-refractivity contribution in [2.24, 2.45) is 0 Å². The third-order valence-corrected chi connectivity index (χ3v) is 2.35. The van der Waals surface area contributed by atoms with E-state index in [-0.39, 0.29) is 22.9 Å². The number of hydrogen-bond acceptors (Lipinski definition) is 4. The molecule has 100 valence electrons. The molecule has 0 aliphatic rings. The summed E-state index contributed by atoms with van der Waals surface area (Å²) in [6, 6.07) is 1.20. The topological polar surface area (TPSA) is 79.5 Å². The van der Waals surface area contributed by atoms with Crippen molar-refractivity contribution < 1.29 is 18.7 Å². The maximum Gasteiger partial charge on any atom is 0.256 e. The molecule has 1 amide bonds. The Bertz CT molecular complexity index is 432. The summed E-state index contributed by atoms with van der Waals surface area (Å²) < 4.78 is 24.6. The van der Waals surface area contributed by atoms with Crippen molar-refractivity contribution in [1.29, 1.82) is 0 Å². The van der Waals surface area contributed by atoms with Gasteiger partial charge in [0.25, 0.3) is 12.3 Å². The average Bonchev–Trinajstić information content (AvgIpc) is 2.30. The van der Waals surface area contributed by atoms with Crippen molar-refractivity contribution in [3.05, 3.63) is 23.0 Å². The Kier molecular flexibility index (Phi) is 5.24. The first-order chi connectivity index (χ1) is 8.45. The Morgan fingerprint density at radius 2 is 2.28 bits per heavy atom. The molecule has 8 heteroatoms. The number of halogens is 3. The normalized spacial score (nSPS) is 10.7. The van der Waals surface area contributed by atoms with Gasteiger partial charge in [-0.25, -0.2) is 13.8 Å². The van der Waals surface area contributed by atoms with Gasteiger partial charge in [-0.3, -0.25) is 4.79 Å². The van der Waals surface area contributed by atoms with Gasteiger partial charge in [-0.1, -0.05) is 11.6 Å². The van der Waals surface area contributed by atoms with E-state index in [1.807, 2.05) is 0 Å². The van der Waals surface area contributed by atoms with E-state index in [4.69, 9.17) is 22.4 Å². The Morgan fingerprint density at radius 1 is 1.61 bits per heavy atom. The van der Waals surface area contributed by atoms with Crippen LogP contribution in [0.1, 0.15) is 10.4 Å². The molecule has 0 saturated carbocycles. The molecule has 1 heterocycles. The van der Waals surface area contributed by atoms with E-state index in [2.05, 4.69) is 4.98 Å². The molecule has 0 aliphatic heterocycles. The molecule has 0 radical (unpaired) electrons. The molecule has 1 aromatic heterocycles. The van der Waals surface area contributed by atoms with Gasteiger partial charge in [0.05, 0.1) is 30.6 Å². The molecule has 1 rings (SSSR count). The smallest absolute Gasteiger partial charge is 0.256 e. The number of nitrogen functional groups attached to an aromatic ring is 1. The standard InChI is InChI=1S/C10H12ClF2N3O2/c11-8-3-6(7(14)4-15-8)10(18)16(1-2-17)5-9(12)13/h3-4,9,17H,1-2,5,14H2. The minimum atomic E-state index is -2.70. The SMILES string of the molecule is Nc1cnc(Cl)cc1C(=O)N(CCO)CC(F)F. The lowest BCUT2D eigenvalue weighted by molar-refractivity contribution is 0.0510. The molecular weight excluding hydrogens is 268 g/mol. The third kappa shape index (κ3) is 3.78. The number of anilines is 1. The maximum absolute atomic E-state index is 12.3. The number of aliphatic hydroxyl groups is 1. The van der Waals surface area contributed by atoms with Crippen molar-refractivity contribution in [3.8, 4) is 0 Å². The van der Waals surface area contributed by atoms with E-state index in [0.29, 0.717) is 0 Å². The maximum atomic E-state index is 12.3. The fraction of sp³-hybridized carbons (Fsp3) is 0.400. The van der Waals surface area contributed by atoms with Crippen LogP contribution in [0.25, 0.3) is 0 Å². The second kappa shape index (κ2) is 6.46. The Hall–Kier alpha value is -1.47. The molecule has 0 atom stereocenters. The lowest BCUT2D eigenvalue weighted by atomic mass is 10.2. The van der Waals surface area contributed by atoms with Crippen LogP contribution in [0.3, 0.4) is 0 Å². The quantitative estimate of drug-likeness (QED) is 0.789. The highest BCUT2D eigenvalue weighted by atomic mass is 35.5. The van der Waals surface area contributed by atoms with E-state index >= 15 is 0 Å². The van der Waals surface area contributed by atoms with E-state index in [0.717, 1.165) is 4.90 Å². The summed E-state index contributed by atoms with van der Waals surface area (Å²) in [7, 11) is 0. The van der Waals surface area contributed by atoms with Gasteiger partial charge in [0.15, 0.2) is 0 Å². The molecule has 3 N–H and O–H groups in total. The fourth-order valence-corrected chi connectivity index (χ4v) is 1.52. The Morgan fingerprint density at radius 3 is 2.83 bits per heavy atom. The van der Waals surface area contributed by atoms with Crippen LogP contribution in [-0.4, -0.2) is 47.0 Å². The monoisotopic (exact) mass is 279 g/mol. The molecule has 0 bridgehead atoms. The van der Waals surface area contributed by atoms with Gasteiger partial charge < -0.3 is 15.7 Å². The number of carbonyl (C=O) groups is 1. The number of nitrogens with two attached hydrogens (primary N) is 1. The van der Waals surface area contributed by atoms with Crippen molar-refractivity contribution in [1.82, 2.24) is 9.88 Å². The molecule has 18 heavy (non-hydrogen) atoms. The molecule has 0 unspecified atom stereocenters. The zero-order valence-corrected chi connectivity index (χ0v) is 10.1. The largest absolute Gasteiger partial charge is 0.397 e. The number of aliphatic hydroxyl groups excluding tert-OH is 1. The molecular formula is C10H12ClF2N3O2. The molecule has 0 saturated heterocycles. The van der Waals surface area contributed by atoms with Gasteiger partial charge in [0.2, 0.25) is 0 Å². The van der Waals surface area contributed by atoms with Gasteiger partial charge in [0, 0.05) is 6.54 Å². The van der Waals surface area contributed by atoms with Crippen molar-refractivity contribution in [3.63, 3.8) is 0 Å². The number of carbonyl (C=O) groups excluding carboxylic acids is 1. The van der Waals surface area contributed by atoms with Gasteiger partial charge in [-0.05, 0) is 6.07 Å². The number of amides is 1. The van der Waals surface area contributed by atoms with Crippen molar-refractivity contribution >= 4 is 23.2 Å². The number of hydrogen-bond donors (Lipinski definition) is 2. The molecule has 0 spiro atoms. The van der Waals surface area contributed by atoms with Gasteiger partial charge >= 0.3 is 0 Å². The summed E-state index contributed by atoms with van der Waals surface area (Å²) in [6.07, 6.45) is -1.52. The number of aromatic nitrogens is 1. The molecule has 0 aromatic carbocycles. The molecule has 1 aromatic rings. The highest BCUT2D eigenvalue weighted by molar-refractivity contribution is 6.29. The highest BCUT2D eigenvalue weighted by Gasteiger charge is 2.21. The molecule has 5 nitrogen and oxygen atoms in total. The second-order valence-electron chi connectivity index (χ2n) is 3.46. The van der Waals surface area contributed by atoms with Crippen molar-refractivity contribution in [2.45, 2.75) is 6.43 Å². The summed E-state index contributed by atoms with van der Waals surface area (Å²) in [5.74, 6) is -0.717. The lowest BCUT2D eigenvalue weighted by Gasteiger charge is -2.21. The van der Waals surface area contributed by atoms with E-state index in [9.17, 15) is 13.6 Å². The summed E-state index contributed by atoms with van der Waals surface area (Å²) in [5, 5.41) is 8.80. The number of nitrogens with zero attached hydrogens (tertiary/aromatic N) is 2. The second-order valence-corrected chi connectivity index (χ2v) is 3.85. The zero-order valence-electron chi connectivity index (χ0n) is 9.31. The number of alkyl halides is 2. The first-order valence-electron chi connectivity index (χ1n) is 5.05. The van der Waals surface area contributed by atoms with Crippen LogP contribution < -0.4 is 5.73 Å².